The number of fused-ring (bicyclic) bond motifs is 1. The molecule has 1 aliphatic carbocycles. The van der Waals surface area contributed by atoms with E-state index < -0.39 is 5.92 Å². The van der Waals surface area contributed by atoms with Crippen molar-refractivity contribution in [3.63, 3.8) is 0 Å². The molecular formula is C21H24ClF2N3O2. The van der Waals surface area contributed by atoms with Crippen LogP contribution >= 0.6 is 11.6 Å². The molecule has 4 rings (SSSR count). The molecule has 2 aromatic rings. The lowest BCUT2D eigenvalue weighted by atomic mass is 9.87. The zero-order valence-electron chi connectivity index (χ0n) is 16.0. The van der Waals surface area contributed by atoms with E-state index >= 15 is 0 Å². The number of nitrogens with zero attached hydrogens (tertiary/aromatic N) is 2. The van der Waals surface area contributed by atoms with Crippen molar-refractivity contribution in [2.45, 2.75) is 44.1 Å². The van der Waals surface area contributed by atoms with E-state index in [1.165, 1.54) is 0 Å². The molecule has 8 heteroatoms. The Balaban J connectivity index is 1.50. The summed E-state index contributed by atoms with van der Waals surface area (Å²) in [5.41, 5.74) is 1.00. The van der Waals surface area contributed by atoms with Crippen LogP contribution in [-0.2, 0) is 0 Å². The minimum atomic E-state index is -2.58. The van der Waals surface area contributed by atoms with Crippen LogP contribution < -0.4 is 10.2 Å². The normalized spacial score (nSPS) is 22.2. The Bertz CT molecular complexity index is 914. The number of carbonyl (C=O) groups is 1. The van der Waals surface area contributed by atoms with Crippen molar-refractivity contribution < 1.29 is 18.7 Å². The van der Waals surface area contributed by atoms with Gasteiger partial charge in [0.1, 0.15) is 5.82 Å². The Morgan fingerprint density at radius 3 is 2.69 bits per heavy atom. The number of β-amino-alcohol motifs (C(OH)–C–C–N with tert-alkyl or cyclic N) is 1. The topological polar surface area (TPSA) is 65.5 Å². The molecule has 0 spiro atoms. The number of aliphatic hydroxyl groups is 1. The van der Waals surface area contributed by atoms with Crippen LogP contribution in [0.15, 0.2) is 24.3 Å². The first-order chi connectivity index (χ1) is 13.8. The lowest BCUT2D eigenvalue weighted by Crippen LogP contribution is -2.34. The summed E-state index contributed by atoms with van der Waals surface area (Å²) in [5.74, 6) is -2.08. The summed E-state index contributed by atoms with van der Waals surface area (Å²) < 4.78 is 26.6. The van der Waals surface area contributed by atoms with Gasteiger partial charge < -0.3 is 15.3 Å². The molecule has 2 fully saturated rings. The summed E-state index contributed by atoms with van der Waals surface area (Å²) in [4.78, 5) is 19.5. The number of aromatic nitrogens is 1. The first kappa shape index (κ1) is 20.3. The number of nitrogens with one attached hydrogen (secondary N) is 1. The average Bonchev–Trinajstić information content (AvgIpc) is 3.13. The maximum atomic E-state index is 13.3. The molecule has 0 bridgehead atoms. The number of hydrogen-bond acceptors (Lipinski definition) is 4. The summed E-state index contributed by atoms with van der Waals surface area (Å²) in [6.07, 6.45) is 0.924. The van der Waals surface area contributed by atoms with E-state index in [2.05, 4.69) is 10.3 Å². The third kappa shape index (κ3) is 4.46. The number of amides is 1. The number of halogens is 3. The van der Waals surface area contributed by atoms with E-state index in [1.807, 2.05) is 17.0 Å². The monoisotopic (exact) mass is 423 g/mol. The summed E-state index contributed by atoms with van der Waals surface area (Å²) >= 11 is 6.31. The van der Waals surface area contributed by atoms with Crippen LogP contribution in [0.2, 0.25) is 5.02 Å². The largest absolute Gasteiger partial charge is 0.391 e. The average molecular weight is 424 g/mol. The van der Waals surface area contributed by atoms with Gasteiger partial charge in [-0.1, -0.05) is 11.6 Å². The minimum Gasteiger partial charge on any atom is -0.391 e. The smallest absolute Gasteiger partial charge is 0.253 e. The van der Waals surface area contributed by atoms with Gasteiger partial charge in [-0.15, -0.1) is 0 Å². The van der Waals surface area contributed by atoms with Crippen molar-refractivity contribution >= 4 is 34.2 Å². The maximum absolute atomic E-state index is 13.3. The molecule has 1 amide bonds. The second-order valence-corrected chi connectivity index (χ2v) is 8.46. The molecule has 2 N–H and O–H groups in total. The van der Waals surface area contributed by atoms with Gasteiger partial charge in [0.15, 0.2) is 0 Å². The second kappa shape index (κ2) is 8.03. The van der Waals surface area contributed by atoms with Crippen molar-refractivity contribution in [3.05, 3.63) is 34.9 Å². The van der Waals surface area contributed by atoms with Crippen LogP contribution in [0.25, 0.3) is 10.9 Å². The number of alkyl halides is 2. The highest BCUT2D eigenvalue weighted by molar-refractivity contribution is 6.35. The van der Waals surface area contributed by atoms with Gasteiger partial charge in [0.2, 0.25) is 5.92 Å². The van der Waals surface area contributed by atoms with E-state index in [4.69, 9.17) is 11.6 Å². The van der Waals surface area contributed by atoms with Crippen molar-refractivity contribution in [3.8, 4) is 0 Å². The highest BCUT2D eigenvalue weighted by Gasteiger charge is 2.35. The van der Waals surface area contributed by atoms with Gasteiger partial charge in [-0.05, 0) is 49.4 Å². The number of benzene rings is 1. The molecule has 29 heavy (non-hydrogen) atoms. The van der Waals surface area contributed by atoms with Crippen molar-refractivity contribution in [2.24, 2.45) is 5.92 Å². The van der Waals surface area contributed by atoms with Crippen LogP contribution in [0.4, 0.5) is 14.6 Å². The zero-order valence-corrected chi connectivity index (χ0v) is 16.8. The van der Waals surface area contributed by atoms with Gasteiger partial charge in [-0.25, -0.2) is 13.8 Å². The Kier molecular flexibility index (Phi) is 5.62. The van der Waals surface area contributed by atoms with Gasteiger partial charge >= 0.3 is 0 Å². The van der Waals surface area contributed by atoms with E-state index in [0.717, 1.165) is 12.4 Å². The van der Waals surface area contributed by atoms with E-state index in [-0.39, 0.29) is 30.8 Å². The van der Waals surface area contributed by atoms with Gasteiger partial charge in [0.25, 0.3) is 5.91 Å². The lowest BCUT2D eigenvalue weighted by molar-refractivity contribution is -0.0452. The summed E-state index contributed by atoms with van der Waals surface area (Å²) in [6, 6.07) is 7.07. The molecule has 1 saturated heterocycles. The number of hydrogen-bond donors (Lipinski definition) is 2. The Morgan fingerprint density at radius 2 is 2.00 bits per heavy atom. The van der Waals surface area contributed by atoms with Crippen LogP contribution in [-0.4, -0.2) is 47.7 Å². The highest BCUT2D eigenvalue weighted by atomic mass is 35.5. The Hall–Kier alpha value is -1.99. The standard InChI is InChI=1S/C21H24ClF2N3O2/c22-16-2-3-17-15(1-4-18(26-17)27-10-7-14(28)12-27)19(16)20(29)25-11-13-5-8-21(23,24)9-6-13/h1-4,13-14,28H,5-12H2,(H,25,29). The molecule has 1 atom stereocenters. The lowest BCUT2D eigenvalue weighted by Gasteiger charge is -2.28. The first-order valence-electron chi connectivity index (χ1n) is 10.0. The SMILES string of the molecule is O=C(NCC1CCC(F)(F)CC1)c1c(Cl)ccc2nc(N3CCC(O)C3)ccc12. The minimum absolute atomic E-state index is 0.0543. The van der Waals surface area contributed by atoms with E-state index in [1.54, 1.807) is 12.1 Å². The molecule has 1 aromatic carbocycles. The van der Waals surface area contributed by atoms with Gasteiger partial charge in [0, 0.05) is 37.9 Å². The molecule has 1 aromatic heterocycles. The number of pyridine rings is 1. The van der Waals surface area contributed by atoms with Crippen molar-refractivity contribution in [1.29, 1.82) is 0 Å². The predicted octanol–water partition coefficient (Wildman–Crippen LogP) is 4.01. The maximum Gasteiger partial charge on any atom is 0.253 e. The number of anilines is 1. The fourth-order valence-electron chi connectivity index (χ4n) is 4.15. The van der Waals surface area contributed by atoms with Crippen LogP contribution in [0.1, 0.15) is 42.5 Å². The van der Waals surface area contributed by atoms with E-state index in [9.17, 15) is 18.7 Å². The van der Waals surface area contributed by atoms with Crippen LogP contribution in [0.3, 0.4) is 0 Å². The molecular weight excluding hydrogens is 400 g/mol. The summed E-state index contributed by atoms with van der Waals surface area (Å²) in [6.45, 7) is 1.64. The number of rotatable bonds is 4. The molecule has 156 valence electrons. The highest BCUT2D eigenvalue weighted by Crippen LogP contribution is 2.36. The molecule has 1 aliphatic heterocycles. The van der Waals surface area contributed by atoms with Gasteiger partial charge in [0.05, 0.1) is 22.2 Å². The fourth-order valence-corrected chi connectivity index (χ4v) is 4.40. The fraction of sp³-hybridized carbons (Fsp3) is 0.524. The molecule has 1 unspecified atom stereocenters. The quantitative estimate of drug-likeness (QED) is 0.779. The Morgan fingerprint density at radius 1 is 1.24 bits per heavy atom. The number of aliphatic hydroxyl groups excluding tert-OH is 1. The molecule has 2 aliphatic rings. The second-order valence-electron chi connectivity index (χ2n) is 8.06. The Labute approximate surface area is 173 Å². The van der Waals surface area contributed by atoms with Gasteiger partial charge in [-0.2, -0.15) is 0 Å². The van der Waals surface area contributed by atoms with Gasteiger partial charge in [-0.3, -0.25) is 4.79 Å². The summed E-state index contributed by atoms with van der Waals surface area (Å²) in [7, 11) is 0. The van der Waals surface area contributed by atoms with Crippen molar-refractivity contribution in [1.82, 2.24) is 10.3 Å². The van der Waals surface area contributed by atoms with Crippen LogP contribution in [0, 0.1) is 5.92 Å². The molecule has 0 radical (unpaired) electrons. The third-order valence-corrected chi connectivity index (χ3v) is 6.22. The van der Waals surface area contributed by atoms with Crippen molar-refractivity contribution in [2.75, 3.05) is 24.5 Å². The molecule has 5 nitrogen and oxygen atoms in total. The predicted molar refractivity (Wildman–Crippen MR) is 109 cm³/mol. The van der Waals surface area contributed by atoms with E-state index in [0.29, 0.717) is 53.8 Å². The third-order valence-electron chi connectivity index (χ3n) is 5.91. The number of carbonyl (C=O) groups excluding carboxylic acids is 1. The van der Waals surface area contributed by atoms with Crippen LogP contribution in [0.5, 0.6) is 0 Å². The zero-order chi connectivity index (χ0) is 20.6. The first-order valence-corrected chi connectivity index (χ1v) is 10.4. The molecule has 1 saturated carbocycles. The summed E-state index contributed by atoms with van der Waals surface area (Å²) in [5, 5.41) is 13.6. The molecule has 2 heterocycles.